The minimum absolute atomic E-state index is 0.00406. The van der Waals surface area contributed by atoms with Crippen LogP contribution in [-0.4, -0.2) is 50.4 Å². The third-order valence-corrected chi connectivity index (χ3v) is 5.40. The smallest absolute Gasteiger partial charge is 0.227 e. The van der Waals surface area contributed by atoms with Crippen LogP contribution in [0.2, 0.25) is 0 Å². The Morgan fingerprint density at radius 1 is 1.39 bits per heavy atom. The van der Waals surface area contributed by atoms with E-state index in [1.165, 1.54) is 0 Å². The van der Waals surface area contributed by atoms with Gasteiger partial charge in [-0.2, -0.15) is 0 Å². The zero-order valence-corrected chi connectivity index (χ0v) is 17.3. The van der Waals surface area contributed by atoms with Crippen LogP contribution in [-0.2, 0) is 16.1 Å². The number of ether oxygens (including phenoxy) is 1. The van der Waals surface area contributed by atoms with Gasteiger partial charge in [-0.15, -0.1) is 0 Å². The van der Waals surface area contributed by atoms with Crippen molar-refractivity contribution in [3.05, 3.63) is 29.8 Å². The van der Waals surface area contributed by atoms with Gasteiger partial charge in [-0.1, -0.05) is 26.0 Å². The molecule has 1 amide bonds. The number of guanidine groups is 1. The lowest BCUT2D eigenvalue weighted by atomic mass is 9.84. The van der Waals surface area contributed by atoms with Gasteiger partial charge < -0.3 is 25.8 Å². The summed E-state index contributed by atoms with van der Waals surface area (Å²) in [5, 5.41) is 19.0. The van der Waals surface area contributed by atoms with Crippen LogP contribution >= 0.6 is 0 Å². The van der Waals surface area contributed by atoms with Crippen LogP contribution in [0.1, 0.15) is 38.7 Å². The maximum absolute atomic E-state index is 12.1. The van der Waals surface area contributed by atoms with Crippen LogP contribution in [0.25, 0.3) is 0 Å². The van der Waals surface area contributed by atoms with Crippen molar-refractivity contribution >= 4 is 17.6 Å². The Balaban J connectivity index is 1.87. The van der Waals surface area contributed by atoms with Crippen molar-refractivity contribution in [2.75, 3.05) is 38.7 Å². The summed E-state index contributed by atoms with van der Waals surface area (Å²) in [6.07, 6.45) is 2.47. The molecule has 2 rings (SSSR count). The molecule has 1 aliphatic heterocycles. The molecule has 156 valence electrons. The van der Waals surface area contributed by atoms with E-state index in [-0.39, 0.29) is 23.8 Å². The quantitative estimate of drug-likeness (QED) is 0.383. The fourth-order valence-corrected chi connectivity index (χ4v) is 3.20. The standard InChI is InChI=1S/C21H34N4O3/c1-4-16(2)19(27)25-18-7-5-6-17(12-18)13-23-20(22-3)24-14-21(8-10-26)9-11-28-15-21/h5-7,12,16,26H,4,8-11,13-15H2,1-3H3,(H,25,27)(H2,22,23,24). The maximum Gasteiger partial charge on any atom is 0.227 e. The Kier molecular flexibility index (Phi) is 8.73. The zero-order chi connectivity index (χ0) is 20.4. The van der Waals surface area contributed by atoms with Crippen molar-refractivity contribution in [3.63, 3.8) is 0 Å². The van der Waals surface area contributed by atoms with Crippen molar-refractivity contribution in [3.8, 4) is 0 Å². The van der Waals surface area contributed by atoms with E-state index in [0.29, 0.717) is 25.7 Å². The average molecular weight is 391 g/mol. The molecule has 1 saturated heterocycles. The summed E-state index contributed by atoms with van der Waals surface area (Å²) >= 11 is 0. The molecule has 7 heteroatoms. The van der Waals surface area contributed by atoms with Gasteiger partial charge in [0.15, 0.2) is 5.96 Å². The van der Waals surface area contributed by atoms with E-state index in [4.69, 9.17) is 4.74 Å². The van der Waals surface area contributed by atoms with Crippen LogP contribution in [0.5, 0.6) is 0 Å². The van der Waals surface area contributed by atoms with Gasteiger partial charge in [0, 0.05) is 50.4 Å². The van der Waals surface area contributed by atoms with Gasteiger partial charge in [0.2, 0.25) is 5.91 Å². The van der Waals surface area contributed by atoms with Crippen LogP contribution in [0.3, 0.4) is 0 Å². The Morgan fingerprint density at radius 3 is 2.86 bits per heavy atom. The molecule has 28 heavy (non-hydrogen) atoms. The number of aliphatic hydroxyl groups excluding tert-OH is 1. The molecule has 1 aromatic rings. The second-order valence-corrected chi connectivity index (χ2v) is 7.55. The van der Waals surface area contributed by atoms with Crippen LogP contribution in [0.4, 0.5) is 5.69 Å². The van der Waals surface area contributed by atoms with E-state index in [2.05, 4.69) is 20.9 Å². The number of anilines is 1. The van der Waals surface area contributed by atoms with Crippen molar-refractivity contribution in [1.29, 1.82) is 0 Å². The van der Waals surface area contributed by atoms with E-state index in [1.807, 2.05) is 38.1 Å². The molecule has 2 atom stereocenters. The first-order valence-electron chi connectivity index (χ1n) is 10.0. The lowest BCUT2D eigenvalue weighted by Crippen LogP contribution is -2.44. The lowest BCUT2D eigenvalue weighted by molar-refractivity contribution is -0.119. The molecular formula is C21H34N4O3. The molecule has 0 aromatic heterocycles. The van der Waals surface area contributed by atoms with E-state index < -0.39 is 0 Å². The van der Waals surface area contributed by atoms with Crippen LogP contribution in [0.15, 0.2) is 29.3 Å². The lowest BCUT2D eigenvalue weighted by Gasteiger charge is -2.27. The molecule has 7 nitrogen and oxygen atoms in total. The summed E-state index contributed by atoms with van der Waals surface area (Å²) in [5.41, 5.74) is 1.82. The van der Waals surface area contributed by atoms with Gasteiger partial charge in [-0.05, 0) is 37.0 Å². The molecule has 1 fully saturated rings. The highest BCUT2D eigenvalue weighted by molar-refractivity contribution is 5.92. The van der Waals surface area contributed by atoms with E-state index in [9.17, 15) is 9.90 Å². The summed E-state index contributed by atoms with van der Waals surface area (Å²) in [6.45, 7) is 6.79. The topological polar surface area (TPSA) is 95.0 Å². The van der Waals surface area contributed by atoms with Crippen molar-refractivity contribution in [2.45, 2.75) is 39.7 Å². The van der Waals surface area contributed by atoms with E-state index >= 15 is 0 Å². The van der Waals surface area contributed by atoms with Gasteiger partial charge >= 0.3 is 0 Å². The first-order valence-corrected chi connectivity index (χ1v) is 10.0. The number of amides is 1. The number of nitrogens with one attached hydrogen (secondary N) is 3. The monoisotopic (exact) mass is 390 g/mol. The summed E-state index contributed by atoms with van der Waals surface area (Å²) < 4.78 is 5.53. The molecule has 1 heterocycles. The molecule has 2 unspecified atom stereocenters. The first kappa shape index (κ1) is 22.2. The Bertz CT molecular complexity index is 657. The Labute approximate surface area is 168 Å². The highest BCUT2D eigenvalue weighted by Crippen LogP contribution is 2.31. The summed E-state index contributed by atoms with van der Waals surface area (Å²) in [7, 11) is 1.74. The minimum Gasteiger partial charge on any atom is -0.396 e. The van der Waals surface area contributed by atoms with Crippen LogP contribution in [0, 0.1) is 11.3 Å². The fraction of sp³-hybridized carbons (Fsp3) is 0.619. The van der Waals surface area contributed by atoms with Gasteiger partial charge in [-0.25, -0.2) is 0 Å². The van der Waals surface area contributed by atoms with Gasteiger partial charge in [-0.3, -0.25) is 9.79 Å². The van der Waals surface area contributed by atoms with Crippen molar-refractivity contribution < 1.29 is 14.6 Å². The number of aliphatic hydroxyl groups is 1. The van der Waals surface area contributed by atoms with Gasteiger partial charge in [0.1, 0.15) is 0 Å². The Morgan fingerprint density at radius 2 is 2.21 bits per heavy atom. The number of rotatable bonds is 9. The molecule has 0 aliphatic carbocycles. The van der Waals surface area contributed by atoms with Gasteiger partial charge in [0.05, 0.1) is 6.61 Å². The van der Waals surface area contributed by atoms with Crippen LogP contribution < -0.4 is 16.0 Å². The first-order chi connectivity index (χ1) is 13.5. The fourth-order valence-electron chi connectivity index (χ4n) is 3.20. The predicted octanol–water partition coefficient (Wildman–Crippen LogP) is 2.13. The highest BCUT2D eigenvalue weighted by atomic mass is 16.5. The van der Waals surface area contributed by atoms with Crippen molar-refractivity contribution in [1.82, 2.24) is 10.6 Å². The molecule has 0 saturated carbocycles. The second-order valence-electron chi connectivity index (χ2n) is 7.55. The number of aliphatic imine (C=N–C) groups is 1. The van der Waals surface area contributed by atoms with E-state index in [1.54, 1.807) is 7.05 Å². The maximum atomic E-state index is 12.1. The second kappa shape index (κ2) is 11.0. The van der Waals surface area contributed by atoms with Gasteiger partial charge in [0.25, 0.3) is 0 Å². The number of benzene rings is 1. The third-order valence-electron chi connectivity index (χ3n) is 5.40. The number of nitrogens with zero attached hydrogens (tertiary/aromatic N) is 1. The Hall–Kier alpha value is -2.12. The van der Waals surface area contributed by atoms with Crippen molar-refractivity contribution in [2.24, 2.45) is 16.3 Å². The number of hydrogen-bond donors (Lipinski definition) is 4. The summed E-state index contributed by atoms with van der Waals surface area (Å²) in [5.74, 6) is 0.743. The number of carbonyl (C=O) groups excluding carboxylic acids is 1. The zero-order valence-electron chi connectivity index (χ0n) is 17.3. The third kappa shape index (κ3) is 6.49. The molecule has 1 aliphatic rings. The largest absolute Gasteiger partial charge is 0.396 e. The highest BCUT2D eigenvalue weighted by Gasteiger charge is 2.34. The summed E-state index contributed by atoms with van der Waals surface area (Å²) in [4.78, 5) is 16.4. The molecule has 1 aromatic carbocycles. The predicted molar refractivity (Wildman–Crippen MR) is 112 cm³/mol. The number of carbonyl (C=O) groups is 1. The molecule has 4 N–H and O–H groups in total. The molecule has 0 bridgehead atoms. The van der Waals surface area contributed by atoms with E-state index in [0.717, 1.165) is 37.1 Å². The molecule has 0 radical (unpaired) electrons. The molecule has 0 spiro atoms. The molecular weight excluding hydrogens is 356 g/mol. The SMILES string of the molecule is CCC(C)C(=O)Nc1cccc(CNC(=NC)NCC2(CCO)CCOC2)c1. The average Bonchev–Trinajstić information content (AvgIpc) is 3.16. The number of hydrogen-bond acceptors (Lipinski definition) is 4. The summed E-state index contributed by atoms with van der Waals surface area (Å²) in [6, 6.07) is 7.82. The minimum atomic E-state index is -0.0352. The normalized spacial score (nSPS) is 20.6.